The second-order valence-electron chi connectivity index (χ2n) is 6.24. The van der Waals surface area contributed by atoms with E-state index in [0.717, 1.165) is 45.1 Å². The van der Waals surface area contributed by atoms with Gasteiger partial charge in [0.25, 0.3) is 0 Å². The second kappa shape index (κ2) is 7.40. The zero-order valence-corrected chi connectivity index (χ0v) is 13.2. The molecule has 2 aliphatic heterocycles. The lowest BCUT2D eigenvalue weighted by Crippen LogP contribution is -2.55. The molecule has 2 aliphatic rings. The van der Waals surface area contributed by atoms with Crippen LogP contribution in [0.4, 0.5) is 0 Å². The Balaban J connectivity index is 1.66. The van der Waals surface area contributed by atoms with Gasteiger partial charge < -0.3 is 14.2 Å². The average molecular weight is 302 g/mol. The molecule has 0 radical (unpaired) electrons. The third-order valence-corrected chi connectivity index (χ3v) is 4.60. The van der Waals surface area contributed by atoms with E-state index in [4.69, 9.17) is 14.2 Å². The molecule has 3 nitrogen and oxygen atoms in total. The summed E-state index contributed by atoms with van der Waals surface area (Å²) in [6, 6.07) is 10.3. The lowest BCUT2D eigenvalue weighted by Gasteiger charge is -2.48. The van der Waals surface area contributed by atoms with Crippen LogP contribution in [-0.2, 0) is 20.8 Å². The molecule has 120 valence electrons. The fourth-order valence-electron chi connectivity index (χ4n) is 3.44. The van der Waals surface area contributed by atoms with Crippen LogP contribution in [0.3, 0.4) is 0 Å². The number of hydrogen-bond acceptors (Lipinski definition) is 3. The Kier molecular flexibility index (Phi) is 5.29. The quantitative estimate of drug-likeness (QED) is 0.762. The van der Waals surface area contributed by atoms with Crippen molar-refractivity contribution in [2.75, 3.05) is 6.61 Å². The first kappa shape index (κ1) is 15.7. The Bertz CT molecular complexity index is 465. The molecule has 3 rings (SSSR count). The number of rotatable bonds is 5. The van der Waals surface area contributed by atoms with E-state index in [0.29, 0.717) is 6.61 Å². The Morgan fingerprint density at radius 1 is 1.23 bits per heavy atom. The molecule has 1 spiro atoms. The predicted molar refractivity (Wildman–Crippen MR) is 86.5 cm³/mol. The molecule has 2 fully saturated rings. The van der Waals surface area contributed by atoms with Crippen molar-refractivity contribution in [1.29, 1.82) is 0 Å². The number of benzene rings is 1. The summed E-state index contributed by atoms with van der Waals surface area (Å²) in [4.78, 5) is 0. The van der Waals surface area contributed by atoms with Gasteiger partial charge >= 0.3 is 0 Å². The van der Waals surface area contributed by atoms with E-state index in [1.165, 1.54) is 5.56 Å². The van der Waals surface area contributed by atoms with Gasteiger partial charge in [0.15, 0.2) is 5.79 Å². The third kappa shape index (κ3) is 3.60. The molecule has 22 heavy (non-hydrogen) atoms. The van der Waals surface area contributed by atoms with E-state index in [9.17, 15) is 0 Å². The van der Waals surface area contributed by atoms with Crippen LogP contribution in [0, 0.1) is 0 Å². The lowest BCUT2D eigenvalue weighted by molar-refractivity contribution is -0.342. The van der Waals surface area contributed by atoms with Gasteiger partial charge in [-0.25, -0.2) is 0 Å². The third-order valence-electron chi connectivity index (χ3n) is 4.60. The number of ether oxygens (including phenoxy) is 3. The molecule has 0 aliphatic carbocycles. The van der Waals surface area contributed by atoms with Crippen molar-refractivity contribution in [1.82, 2.24) is 0 Å². The normalized spacial score (nSPS) is 32.0. The highest BCUT2D eigenvalue weighted by molar-refractivity contribution is 5.13. The van der Waals surface area contributed by atoms with Gasteiger partial charge in [-0.3, -0.25) is 0 Å². The molecular formula is C19H26O3. The summed E-state index contributed by atoms with van der Waals surface area (Å²) in [6.45, 7) is 5.22. The van der Waals surface area contributed by atoms with Crippen LogP contribution in [0.2, 0.25) is 0 Å². The highest BCUT2D eigenvalue weighted by Gasteiger charge is 2.47. The fraction of sp³-hybridized carbons (Fsp3) is 0.579. The molecule has 0 amide bonds. The summed E-state index contributed by atoms with van der Waals surface area (Å²) in [6.07, 6.45) is 8.25. The SMILES string of the molecule is C=CC[C@@H]1CC[C@@H](OCc2ccccc2)[C@@]2(CCCCO2)O1. The van der Waals surface area contributed by atoms with Gasteiger partial charge in [-0.15, -0.1) is 6.58 Å². The minimum atomic E-state index is -0.543. The zero-order valence-electron chi connectivity index (χ0n) is 13.2. The molecule has 0 bridgehead atoms. The summed E-state index contributed by atoms with van der Waals surface area (Å²) in [5.74, 6) is -0.543. The largest absolute Gasteiger partial charge is 0.368 e. The Morgan fingerprint density at radius 2 is 2.09 bits per heavy atom. The van der Waals surface area contributed by atoms with Crippen LogP contribution in [0.15, 0.2) is 43.0 Å². The van der Waals surface area contributed by atoms with E-state index in [1.807, 2.05) is 24.3 Å². The van der Waals surface area contributed by atoms with Crippen molar-refractivity contribution < 1.29 is 14.2 Å². The highest BCUT2D eigenvalue weighted by atomic mass is 16.7. The van der Waals surface area contributed by atoms with Gasteiger partial charge in [0, 0.05) is 6.42 Å². The molecule has 3 atom stereocenters. The van der Waals surface area contributed by atoms with Crippen molar-refractivity contribution >= 4 is 0 Å². The molecule has 0 unspecified atom stereocenters. The summed E-state index contributed by atoms with van der Waals surface area (Å²) in [5.41, 5.74) is 1.20. The Morgan fingerprint density at radius 3 is 2.82 bits per heavy atom. The van der Waals surface area contributed by atoms with Crippen LogP contribution in [-0.4, -0.2) is 24.6 Å². The van der Waals surface area contributed by atoms with Crippen LogP contribution < -0.4 is 0 Å². The number of hydrogen-bond donors (Lipinski definition) is 0. The molecular weight excluding hydrogens is 276 g/mol. The van der Waals surface area contributed by atoms with Crippen LogP contribution in [0.1, 0.15) is 44.1 Å². The monoisotopic (exact) mass is 302 g/mol. The maximum atomic E-state index is 6.34. The molecule has 2 saturated heterocycles. The standard InChI is InChI=1S/C19H26O3/c1-2-8-17-11-12-18(19(22-17)13-6-7-14-21-19)20-15-16-9-4-3-5-10-16/h2-5,9-10,17-18H,1,6-8,11-15H2/t17-,18-,19-/m1/s1. The second-order valence-corrected chi connectivity index (χ2v) is 6.24. The van der Waals surface area contributed by atoms with Crippen molar-refractivity contribution in [3.8, 4) is 0 Å². The van der Waals surface area contributed by atoms with Gasteiger partial charge in [0.1, 0.15) is 6.10 Å². The van der Waals surface area contributed by atoms with Gasteiger partial charge in [0.2, 0.25) is 0 Å². The predicted octanol–water partition coefficient (Wildman–Crippen LogP) is 4.22. The maximum absolute atomic E-state index is 6.34. The van der Waals surface area contributed by atoms with Crippen LogP contribution >= 0.6 is 0 Å². The van der Waals surface area contributed by atoms with Gasteiger partial charge in [-0.1, -0.05) is 36.4 Å². The van der Waals surface area contributed by atoms with Crippen LogP contribution in [0.5, 0.6) is 0 Å². The van der Waals surface area contributed by atoms with Crippen molar-refractivity contribution in [3.63, 3.8) is 0 Å². The molecule has 2 heterocycles. The van der Waals surface area contributed by atoms with Crippen LogP contribution in [0.25, 0.3) is 0 Å². The topological polar surface area (TPSA) is 27.7 Å². The first-order valence-corrected chi connectivity index (χ1v) is 8.40. The summed E-state index contributed by atoms with van der Waals surface area (Å²) >= 11 is 0. The van der Waals surface area contributed by atoms with Gasteiger partial charge in [-0.05, 0) is 37.7 Å². The van der Waals surface area contributed by atoms with Crippen molar-refractivity contribution in [2.45, 2.75) is 63.1 Å². The molecule has 0 N–H and O–H groups in total. The lowest BCUT2D eigenvalue weighted by atomic mass is 9.91. The summed E-state index contributed by atoms with van der Waals surface area (Å²) in [7, 11) is 0. The Hall–Kier alpha value is -1.16. The molecule has 1 aromatic carbocycles. The average Bonchev–Trinajstić information content (AvgIpc) is 2.56. The van der Waals surface area contributed by atoms with E-state index < -0.39 is 5.79 Å². The first-order chi connectivity index (χ1) is 10.8. The molecule has 0 saturated carbocycles. The maximum Gasteiger partial charge on any atom is 0.194 e. The van der Waals surface area contributed by atoms with Gasteiger partial charge in [0.05, 0.1) is 19.3 Å². The van der Waals surface area contributed by atoms with Gasteiger partial charge in [-0.2, -0.15) is 0 Å². The van der Waals surface area contributed by atoms with E-state index in [2.05, 4.69) is 18.7 Å². The summed E-state index contributed by atoms with van der Waals surface area (Å²) < 4.78 is 18.7. The smallest absolute Gasteiger partial charge is 0.194 e. The molecule has 0 aromatic heterocycles. The zero-order chi connectivity index (χ0) is 15.3. The molecule has 3 heteroatoms. The Labute approximate surface area is 133 Å². The van der Waals surface area contributed by atoms with E-state index in [1.54, 1.807) is 0 Å². The minimum Gasteiger partial charge on any atom is -0.368 e. The van der Waals surface area contributed by atoms with Crippen molar-refractivity contribution in [3.05, 3.63) is 48.6 Å². The first-order valence-electron chi connectivity index (χ1n) is 8.40. The molecule has 1 aromatic rings. The van der Waals surface area contributed by atoms with E-state index in [-0.39, 0.29) is 12.2 Å². The minimum absolute atomic E-state index is 0.0223. The highest BCUT2D eigenvalue weighted by Crippen LogP contribution is 2.40. The summed E-state index contributed by atoms with van der Waals surface area (Å²) in [5, 5.41) is 0. The van der Waals surface area contributed by atoms with E-state index >= 15 is 0 Å². The van der Waals surface area contributed by atoms with Crippen molar-refractivity contribution in [2.24, 2.45) is 0 Å². The fourth-order valence-corrected chi connectivity index (χ4v) is 3.44.